The van der Waals surface area contributed by atoms with Gasteiger partial charge >= 0.3 is 0 Å². The summed E-state index contributed by atoms with van der Waals surface area (Å²) in [4.78, 5) is 0. The van der Waals surface area contributed by atoms with Crippen LogP contribution in [0.5, 0.6) is 0 Å². The number of rotatable bonds is 7. The van der Waals surface area contributed by atoms with Gasteiger partial charge in [-0.05, 0) is 43.4 Å². The first-order valence-corrected chi connectivity index (χ1v) is 9.64. The normalized spacial score (nSPS) is 19.4. The highest BCUT2D eigenvalue weighted by Crippen LogP contribution is 2.34. The molecule has 1 aliphatic carbocycles. The van der Waals surface area contributed by atoms with Crippen molar-refractivity contribution in [2.24, 2.45) is 11.7 Å². The van der Waals surface area contributed by atoms with Gasteiger partial charge in [-0.2, -0.15) is 0 Å². The van der Waals surface area contributed by atoms with E-state index in [-0.39, 0.29) is 5.92 Å². The number of allylic oxidation sites excluding steroid dienone is 4. The summed E-state index contributed by atoms with van der Waals surface area (Å²) < 4.78 is 11.7. The van der Waals surface area contributed by atoms with Crippen molar-refractivity contribution >= 4 is 0 Å². The Bertz CT molecular complexity index is 939. The fourth-order valence-electron chi connectivity index (χ4n) is 3.71. The molecule has 2 unspecified atom stereocenters. The van der Waals surface area contributed by atoms with Gasteiger partial charge in [-0.1, -0.05) is 54.6 Å². The van der Waals surface area contributed by atoms with E-state index in [0.717, 1.165) is 17.7 Å². The van der Waals surface area contributed by atoms with Crippen LogP contribution in [0.1, 0.15) is 42.4 Å². The van der Waals surface area contributed by atoms with Gasteiger partial charge in [0.15, 0.2) is 0 Å². The van der Waals surface area contributed by atoms with Gasteiger partial charge in [0.1, 0.15) is 5.76 Å². The lowest BCUT2D eigenvalue weighted by atomic mass is 9.83. The lowest BCUT2D eigenvalue weighted by molar-refractivity contribution is 0.319. The van der Waals surface area contributed by atoms with E-state index in [1.54, 1.807) is 6.26 Å². The summed E-state index contributed by atoms with van der Waals surface area (Å²) in [5.41, 5.74) is 6.93. The average molecular weight is 375 g/mol. The Morgan fingerprint density at radius 1 is 1.14 bits per heavy atom. The fraction of sp³-hybridized carbons (Fsp3) is 0.304. The molecule has 3 atom stereocenters. The van der Waals surface area contributed by atoms with Crippen LogP contribution in [0.3, 0.4) is 0 Å². The summed E-state index contributed by atoms with van der Waals surface area (Å²) in [5.74, 6) is 2.46. The van der Waals surface area contributed by atoms with E-state index in [0.29, 0.717) is 30.5 Å². The highest BCUT2D eigenvalue weighted by molar-refractivity contribution is 5.20. The van der Waals surface area contributed by atoms with E-state index in [1.807, 2.05) is 37.3 Å². The molecule has 3 aromatic rings. The zero-order valence-corrected chi connectivity index (χ0v) is 16.0. The molecule has 0 aliphatic heterocycles. The van der Waals surface area contributed by atoms with Crippen LogP contribution in [0.25, 0.3) is 0 Å². The highest BCUT2D eigenvalue weighted by Gasteiger charge is 2.31. The third-order valence-corrected chi connectivity index (χ3v) is 5.20. The molecular weight excluding hydrogens is 350 g/mol. The van der Waals surface area contributed by atoms with Crippen LogP contribution >= 0.6 is 0 Å². The predicted molar refractivity (Wildman–Crippen MR) is 108 cm³/mol. The summed E-state index contributed by atoms with van der Waals surface area (Å²) in [5, 5.41) is 8.55. The molecule has 2 aromatic heterocycles. The number of hydrogen-bond donors (Lipinski definition) is 1. The van der Waals surface area contributed by atoms with E-state index in [4.69, 9.17) is 14.6 Å². The first kappa shape index (κ1) is 18.4. The molecule has 0 radical (unpaired) electrons. The fourth-order valence-corrected chi connectivity index (χ4v) is 3.71. The van der Waals surface area contributed by atoms with Gasteiger partial charge in [-0.25, -0.2) is 0 Å². The molecule has 0 amide bonds. The second-order valence-corrected chi connectivity index (χ2v) is 7.62. The zero-order valence-electron chi connectivity index (χ0n) is 16.0. The van der Waals surface area contributed by atoms with Crippen molar-refractivity contribution in [2.45, 2.75) is 37.6 Å². The molecule has 2 heterocycles. The van der Waals surface area contributed by atoms with Crippen molar-refractivity contribution in [3.05, 3.63) is 96.1 Å². The molecular formula is C23H25N3O2. The SMILES string of the molecule is C[C@@](N)(Cc1ccccc1)c1nnc(CC(c2ccco2)C2C=CC=CC2)o1. The largest absolute Gasteiger partial charge is 0.469 e. The van der Waals surface area contributed by atoms with Crippen molar-refractivity contribution in [1.82, 2.24) is 10.2 Å². The number of benzene rings is 1. The minimum atomic E-state index is -0.722. The number of nitrogens with zero attached hydrogens (tertiary/aromatic N) is 2. The first-order valence-electron chi connectivity index (χ1n) is 9.64. The van der Waals surface area contributed by atoms with Crippen molar-refractivity contribution in [1.29, 1.82) is 0 Å². The summed E-state index contributed by atoms with van der Waals surface area (Å²) in [7, 11) is 0. The molecule has 4 rings (SSSR count). The van der Waals surface area contributed by atoms with E-state index in [9.17, 15) is 0 Å². The smallest absolute Gasteiger partial charge is 0.236 e. The molecule has 5 heteroatoms. The van der Waals surface area contributed by atoms with Gasteiger partial charge < -0.3 is 14.6 Å². The molecule has 0 saturated carbocycles. The number of furan rings is 1. The van der Waals surface area contributed by atoms with Gasteiger partial charge in [-0.3, -0.25) is 0 Å². The van der Waals surface area contributed by atoms with Crippen LogP contribution in [0.15, 0.2) is 81.9 Å². The second kappa shape index (κ2) is 7.98. The lowest BCUT2D eigenvalue weighted by Crippen LogP contribution is -2.35. The van der Waals surface area contributed by atoms with Crippen molar-refractivity contribution in [3.63, 3.8) is 0 Å². The molecule has 28 heavy (non-hydrogen) atoms. The summed E-state index contributed by atoms with van der Waals surface area (Å²) in [6, 6.07) is 14.0. The predicted octanol–water partition coefficient (Wildman–Crippen LogP) is 4.54. The Hall–Kier alpha value is -2.92. The summed E-state index contributed by atoms with van der Waals surface area (Å²) in [6.45, 7) is 1.93. The van der Waals surface area contributed by atoms with Crippen molar-refractivity contribution < 1.29 is 8.83 Å². The van der Waals surface area contributed by atoms with Gasteiger partial charge in [0, 0.05) is 12.3 Å². The standard InChI is InChI=1S/C23H25N3O2/c1-23(24,16-17-9-4-2-5-10-17)22-26-25-21(28-22)15-19(20-13-8-14-27-20)18-11-6-3-7-12-18/h2-11,13-14,18-19H,12,15-16,24H2,1H3/t18?,19?,23-/m1/s1. The molecule has 1 aromatic carbocycles. The molecule has 2 N–H and O–H groups in total. The second-order valence-electron chi connectivity index (χ2n) is 7.62. The van der Waals surface area contributed by atoms with Crippen LogP contribution in [-0.2, 0) is 18.4 Å². The molecule has 144 valence electrons. The van der Waals surface area contributed by atoms with E-state index in [1.165, 1.54) is 0 Å². The maximum absolute atomic E-state index is 6.52. The number of aromatic nitrogens is 2. The summed E-state index contributed by atoms with van der Waals surface area (Å²) in [6.07, 6.45) is 12.5. The lowest BCUT2D eigenvalue weighted by Gasteiger charge is -2.22. The van der Waals surface area contributed by atoms with Crippen LogP contribution in [0.2, 0.25) is 0 Å². The maximum Gasteiger partial charge on any atom is 0.236 e. The molecule has 5 nitrogen and oxygen atoms in total. The number of hydrogen-bond acceptors (Lipinski definition) is 5. The maximum atomic E-state index is 6.52. The van der Waals surface area contributed by atoms with Gasteiger partial charge in [0.25, 0.3) is 0 Å². The quantitative estimate of drug-likeness (QED) is 0.656. The minimum absolute atomic E-state index is 0.141. The van der Waals surface area contributed by atoms with E-state index in [2.05, 4.69) is 46.6 Å². The first-order chi connectivity index (χ1) is 13.6. The molecule has 0 bridgehead atoms. The molecule has 0 saturated heterocycles. The van der Waals surface area contributed by atoms with Crippen LogP contribution < -0.4 is 5.73 Å². The van der Waals surface area contributed by atoms with Crippen LogP contribution in [0, 0.1) is 5.92 Å². The molecule has 0 fully saturated rings. The summed E-state index contributed by atoms with van der Waals surface area (Å²) >= 11 is 0. The zero-order chi connectivity index (χ0) is 19.4. The Kier molecular flexibility index (Phi) is 5.26. The van der Waals surface area contributed by atoms with Crippen LogP contribution in [0.4, 0.5) is 0 Å². The van der Waals surface area contributed by atoms with E-state index < -0.39 is 5.54 Å². The third-order valence-electron chi connectivity index (χ3n) is 5.20. The molecule has 0 spiro atoms. The minimum Gasteiger partial charge on any atom is -0.469 e. The van der Waals surface area contributed by atoms with Crippen molar-refractivity contribution in [3.8, 4) is 0 Å². The Morgan fingerprint density at radius 3 is 2.71 bits per heavy atom. The van der Waals surface area contributed by atoms with Crippen LogP contribution in [-0.4, -0.2) is 10.2 Å². The Morgan fingerprint density at radius 2 is 2.00 bits per heavy atom. The third kappa shape index (κ3) is 4.15. The van der Waals surface area contributed by atoms with E-state index >= 15 is 0 Å². The van der Waals surface area contributed by atoms with Gasteiger partial charge in [-0.15, -0.1) is 10.2 Å². The van der Waals surface area contributed by atoms with Gasteiger partial charge in [0.05, 0.1) is 11.8 Å². The number of nitrogens with two attached hydrogens (primary N) is 1. The Labute approximate surface area is 165 Å². The monoisotopic (exact) mass is 375 g/mol. The van der Waals surface area contributed by atoms with Crippen molar-refractivity contribution in [2.75, 3.05) is 0 Å². The molecule has 1 aliphatic rings. The van der Waals surface area contributed by atoms with Gasteiger partial charge in [0.2, 0.25) is 11.8 Å². The Balaban J connectivity index is 1.52. The highest BCUT2D eigenvalue weighted by atomic mass is 16.4. The topological polar surface area (TPSA) is 78.1 Å². The average Bonchev–Trinajstić information content (AvgIpc) is 3.40.